The van der Waals surface area contributed by atoms with Crippen LogP contribution < -0.4 is 0 Å². The van der Waals surface area contributed by atoms with Gasteiger partial charge in [-0.3, -0.25) is 0 Å². The monoisotopic (exact) mass is 340 g/mol. The molecular weight excluding hydrogens is 326 g/mol. The normalized spacial score (nSPS) is 14.1. The van der Waals surface area contributed by atoms with E-state index in [0.717, 1.165) is 0 Å². The van der Waals surface area contributed by atoms with Crippen LogP contribution in [0.3, 0.4) is 0 Å². The topological polar surface area (TPSA) is 20.2 Å². The molecule has 0 saturated heterocycles. The molecule has 0 aliphatic rings. The zero-order chi connectivity index (χ0) is 14.9. The fourth-order valence-corrected chi connectivity index (χ4v) is 2.47. The van der Waals surface area contributed by atoms with Gasteiger partial charge in [0.15, 0.2) is 0 Å². The van der Waals surface area contributed by atoms with Gasteiger partial charge in [0.25, 0.3) is 0 Å². The first-order valence-corrected chi connectivity index (χ1v) is 7.02. The predicted octanol–water partition coefficient (Wildman–Crippen LogP) is 4.49. The van der Waals surface area contributed by atoms with E-state index in [1.165, 1.54) is 18.2 Å². The molecule has 0 radical (unpaired) electrons. The van der Waals surface area contributed by atoms with Crippen molar-refractivity contribution in [1.82, 2.24) is 0 Å². The Morgan fingerprint density at radius 3 is 2.50 bits per heavy atom. The summed E-state index contributed by atoms with van der Waals surface area (Å²) in [6.07, 6.45) is 0.188. The Labute approximate surface area is 125 Å². The molecule has 0 heterocycles. The molecule has 0 fully saturated rings. The maximum absolute atomic E-state index is 13.6. The quantitative estimate of drug-likeness (QED) is 0.872. The second-order valence-corrected chi connectivity index (χ2v) is 6.00. The van der Waals surface area contributed by atoms with Gasteiger partial charge in [0.2, 0.25) is 0 Å². The Morgan fingerprint density at radius 1 is 1.15 bits per heavy atom. The standard InChI is InChI=1S/C16H15BrF2O/c1-10-3-4-12(8-15(10)19)16(2,20)9-11-7-13(18)5-6-14(11)17/h3-8,20H,9H2,1-2H3. The fraction of sp³-hybridized carbons (Fsp3) is 0.250. The lowest BCUT2D eigenvalue weighted by molar-refractivity contribution is 0.0570. The van der Waals surface area contributed by atoms with Gasteiger partial charge in [-0.15, -0.1) is 0 Å². The summed E-state index contributed by atoms with van der Waals surface area (Å²) in [5, 5.41) is 10.6. The first kappa shape index (κ1) is 15.1. The highest BCUT2D eigenvalue weighted by Gasteiger charge is 2.25. The molecule has 1 N–H and O–H groups in total. The van der Waals surface area contributed by atoms with E-state index in [4.69, 9.17) is 0 Å². The number of benzene rings is 2. The zero-order valence-corrected chi connectivity index (χ0v) is 12.8. The van der Waals surface area contributed by atoms with Crippen molar-refractivity contribution in [3.8, 4) is 0 Å². The van der Waals surface area contributed by atoms with Gasteiger partial charge in [-0.1, -0.05) is 28.1 Å². The van der Waals surface area contributed by atoms with E-state index in [0.29, 0.717) is 21.2 Å². The van der Waals surface area contributed by atoms with Gasteiger partial charge in [0.1, 0.15) is 11.6 Å². The molecule has 2 aromatic carbocycles. The number of hydrogen-bond donors (Lipinski definition) is 1. The number of hydrogen-bond acceptors (Lipinski definition) is 1. The predicted molar refractivity (Wildman–Crippen MR) is 78.5 cm³/mol. The summed E-state index contributed by atoms with van der Waals surface area (Å²) >= 11 is 3.33. The van der Waals surface area contributed by atoms with Crippen molar-refractivity contribution in [3.05, 3.63) is 69.2 Å². The molecule has 0 aliphatic heterocycles. The molecule has 1 atom stereocenters. The SMILES string of the molecule is Cc1ccc(C(C)(O)Cc2cc(F)ccc2Br)cc1F. The molecule has 1 unspecified atom stereocenters. The lowest BCUT2D eigenvalue weighted by atomic mass is 9.88. The van der Waals surface area contributed by atoms with Crippen LogP contribution in [0, 0.1) is 18.6 Å². The van der Waals surface area contributed by atoms with Gasteiger partial charge in [-0.2, -0.15) is 0 Å². The Hall–Kier alpha value is -1.26. The zero-order valence-electron chi connectivity index (χ0n) is 11.3. The summed E-state index contributed by atoms with van der Waals surface area (Å²) in [7, 11) is 0. The van der Waals surface area contributed by atoms with Gasteiger partial charge in [-0.25, -0.2) is 8.78 Å². The van der Waals surface area contributed by atoms with E-state index in [9.17, 15) is 13.9 Å². The third-order valence-corrected chi connectivity index (χ3v) is 4.11. The van der Waals surface area contributed by atoms with E-state index in [2.05, 4.69) is 15.9 Å². The Bertz CT molecular complexity index is 638. The van der Waals surface area contributed by atoms with Crippen LogP contribution in [-0.4, -0.2) is 5.11 Å². The van der Waals surface area contributed by atoms with Crippen LogP contribution in [0.15, 0.2) is 40.9 Å². The van der Waals surface area contributed by atoms with Crippen LogP contribution >= 0.6 is 15.9 Å². The minimum Gasteiger partial charge on any atom is -0.385 e. The fourth-order valence-electron chi connectivity index (χ4n) is 2.08. The van der Waals surface area contributed by atoms with Crippen molar-refractivity contribution in [2.75, 3.05) is 0 Å². The van der Waals surface area contributed by atoms with Crippen molar-refractivity contribution < 1.29 is 13.9 Å². The molecule has 0 spiro atoms. The van der Waals surface area contributed by atoms with Crippen molar-refractivity contribution in [2.45, 2.75) is 25.9 Å². The Morgan fingerprint density at radius 2 is 1.85 bits per heavy atom. The van der Waals surface area contributed by atoms with E-state index < -0.39 is 5.60 Å². The summed E-state index contributed by atoms with van der Waals surface area (Å²) in [5.41, 5.74) is 0.356. The molecule has 2 aromatic rings. The lowest BCUT2D eigenvalue weighted by Gasteiger charge is -2.25. The van der Waals surface area contributed by atoms with Crippen molar-refractivity contribution in [1.29, 1.82) is 0 Å². The largest absolute Gasteiger partial charge is 0.385 e. The Balaban J connectivity index is 2.34. The second-order valence-electron chi connectivity index (χ2n) is 5.15. The van der Waals surface area contributed by atoms with Crippen LogP contribution in [0.25, 0.3) is 0 Å². The number of halogens is 3. The van der Waals surface area contributed by atoms with Crippen LogP contribution in [0.2, 0.25) is 0 Å². The van der Waals surface area contributed by atoms with Gasteiger partial charge in [0, 0.05) is 10.9 Å². The van der Waals surface area contributed by atoms with Gasteiger partial charge >= 0.3 is 0 Å². The third kappa shape index (κ3) is 3.25. The first-order valence-electron chi connectivity index (χ1n) is 6.22. The molecule has 106 valence electrons. The van der Waals surface area contributed by atoms with Gasteiger partial charge in [0.05, 0.1) is 5.60 Å². The van der Waals surface area contributed by atoms with E-state index in [-0.39, 0.29) is 18.1 Å². The van der Waals surface area contributed by atoms with Crippen molar-refractivity contribution in [2.24, 2.45) is 0 Å². The molecule has 2 rings (SSSR count). The molecule has 0 saturated carbocycles. The van der Waals surface area contributed by atoms with Crippen molar-refractivity contribution >= 4 is 15.9 Å². The van der Waals surface area contributed by atoms with Crippen LogP contribution in [0.5, 0.6) is 0 Å². The number of aryl methyl sites for hydroxylation is 1. The maximum atomic E-state index is 13.6. The summed E-state index contributed by atoms with van der Waals surface area (Å²) < 4.78 is 27.6. The van der Waals surface area contributed by atoms with Gasteiger partial charge < -0.3 is 5.11 Å². The Kier molecular flexibility index (Phi) is 4.25. The molecule has 1 nitrogen and oxygen atoms in total. The number of aliphatic hydroxyl groups is 1. The molecular formula is C16H15BrF2O. The molecule has 0 aromatic heterocycles. The summed E-state index contributed by atoms with van der Waals surface area (Å²) in [4.78, 5) is 0. The molecule has 0 amide bonds. The summed E-state index contributed by atoms with van der Waals surface area (Å²) in [6, 6.07) is 8.93. The smallest absolute Gasteiger partial charge is 0.126 e. The minimum atomic E-state index is -1.27. The van der Waals surface area contributed by atoms with Gasteiger partial charge in [-0.05, 0) is 54.8 Å². The average molecular weight is 341 g/mol. The highest BCUT2D eigenvalue weighted by atomic mass is 79.9. The highest BCUT2D eigenvalue weighted by molar-refractivity contribution is 9.10. The average Bonchev–Trinajstić information content (AvgIpc) is 2.36. The summed E-state index contributed by atoms with van der Waals surface area (Å²) in [6.45, 7) is 3.26. The van der Waals surface area contributed by atoms with Crippen LogP contribution in [0.4, 0.5) is 8.78 Å². The minimum absolute atomic E-state index is 0.188. The number of rotatable bonds is 3. The van der Waals surface area contributed by atoms with Crippen LogP contribution in [-0.2, 0) is 12.0 Å². The van der Waals surface area contributed by atoms with Crippen LogP contribution in [0.1, 0.15) is 23.6 Å². The van der Waals surface area contributed by atoms with E-state index in [1.807, 2.05) is 0 Å². The second kappa shape index (κ2) is 5.62. The lowest BCUT2D eigenvalue weighted by Crippen LogP contribution is -2.24. The van der Waals surface area contributed by atoms with E-state index >= 15 is 0 Å². The molecule has 0 bridgehead atoms. The van der Waals surface area contributed by atoms with Crippen molar-refractivity contribution in [3.63, 3.8) is 0 Å². The highest BCUT2D eigenvalue weighted by Crippen LogP contribution is 2.30. The van der Waals surface area contributed by atoms with E-state index in [1.54, 1.807) is 32.0 Å². The molecule has 4 heteroatoms. The maximum Gasteiger partial charge on any atom is 0.126 e. The third-order valence-electron chi connectivity index (χ3n) is 3.34. The first-order chi connectivity index (χ1) is 9.29. The molecule has 0 aliphatic carbocycles. The summed E-state index contributed by atoms with van der Waals surface area (Å²) in [5.74, 6) is -0.727. The molecule has 20 heavy (non-hydrogen) atoms.